The van der Waals surface area contributed by atoms with Crippen LogP contribution in [0.4, 0.5) is 4.39 Å². The summed E-state index contributed by atoms with van der Waals surface area (Å²) in [5.41, 5.74) is 1.33. The zero-order chi connectivity index (χ0) is 19.7. The molecule has 28 heavy (non-hydrogen) atoms. The number of hydrogen-bond donors (Lipinski definition) is 0. The highest BCUT2D eigenvalue weighted by Crippen LogP contribution is 2.49. The molecule has 4 nitrogen and oxygen atoms in total. The lowest BCUT2D eigenvalue weighted by atomic mass is 9.88. The first-order valence-electron chi connectivity index (χ1n) is 9.80. The fourth-order valence-corrected chi connectivity index (χ4v) is 4.18. The summed E-state index contributed by atoms with van der Waals surface area (Å²) in [6.07, 6.45) is 2.06. The maximum Gasteiger partial charge on any atom is 0.226 e. The van der Waals surface area contributed by atoms with Gasteiger partial charge in [-0.05, 0) is 61.1 Å². The van der Waals surface area contributed by atoms with Gasteiger partial charge in [-0.1, -0.05) is 18.2 Å². The summed E-state index contributed by atoms with van der Waals surface area (Å²) >= 11 is 0. The minimum Gasteiger partial charge on any atom is -0.497 e. The van der Waals surface area contributed by atoms with Crippen molar-refractivity contribution < 1.29 is 18.7 Å². The predicted octanol–water partition coefficient (Wildman–Crippen LogP) is 4.06. The molecular formula is C23H24FNO3. The monoisotopic (exact) mass is 381 g/mol. The molecule has 4 rings (SSSR count). The number of benzene rings is 2. The van der Waals surface area contributed by atoms with E-state index in [2.05, 4.69) is 0 Å². The lowest BCUT2D eigenvalue weighted by Gasteiger charge is -2.31. The van der Waals surface area contributed by atoms with Crippen molar-refractivity contribution in [3.05, 3.63) is 65.5 Å². The standard InChI is InChI=1S/C23H24FNO3/c1-28-17-8-6-15(7-9-17)22(26)16-10-12-25(13-11-16)23(27)20-14-19(20)18-4-2-3-5-21(18)24/h2-9,16,19-20H,10-14H2,1H3. The molecule has 1 saturated carbocycles. The van der Waals surface area contributed by atoms with Crippen molar-refractivity contribution in [1.82, 2.24) is 4.90 Å². The van der Waals surface area contributed by atoms with E-state index in [1.54, 1.807) is 43.5 Å². The number of halogens is 1. The molecule has 146 valence electrons. The van der Waals surface area contributed by atoms with Crippen molar-refractivity contribution in [2.24, 2.45) is 11.8 Å². The summed E-state index contributed by atoms with van der Waals surface area (Å²) in [4.78, 5) is 27.3. The molecular weight excluding hydrogens is 357 g/mol. The Hall–Kier alpha value is -2.69. The topological polar surface area (TPSA) is 46.6 Å². The molecule has 2 atom stereocenters. The fourth-order valence-electron chi connectivity index (χ4n) is 4.18. The summed E-state index contributed by atoms with van der Waals surface area (Å²) in [5, 5.41) is 0. The van der Waals surface area contributed by atoms with E-state index in [0.29, 0.717) is 43.5 Å². The normalized spacial score (nSPS) is 22.0. The number of carbonyl (C=O) groups is 2. The summed E-state index contributed by atoms with van der Waals surface area (Å²) in [7, 11) is 1.60. The van der Waals surface area contributed by atoms with Crippen molar-refractivity contribution in [2.45, 2.75) is 25.2 Å². The summed E-state index contributed by atoms with van der Waals surface area (Å²) in [6.45, 7) is 1.18. The number of likely N-dealkylation sites (tertiary alicyclic amines) is 1. The Morgan fingerprint density at radius 2 is 1.71 bits per heavy atom. The van der Waals surface area contributed by atoms with Crippen molar-refractivity contribution >= 4 is 11.7 Å². The number of methoxy groups -OCH3 is 1. The van der Waals surface area contributed by atoms with Gasteiger partial charge >= 0.3 is 0 Å². The third-order valence-corrected chi connectivity index (χ3v) is 5.96. The Morgan fingerprint density at radius 1 is 1.04 bits per heavy atom. The zero-order valence-corrected chi connectivity index (χ0v) is 15.9. The first-order chi connectivity index (χ1) is 13.6. The van der Waals surface area contributed by atoms with E-state index in [4.69, 9.17) is 4.74 Å². The molecule has 2 unspecified atom stereocenters. The molecule has 0 aromatic heterocycles. The van der Waals surface area contributed by atoms with Crippen LogP contribution in [0.3, 0.4) is 0 Å². The lowest BCUT2D eigenvalue weighted by molar-refractivity contribution is -0.133. The molecule has 0 spiro atoms. The van der Waals surface area contributed by atoms with E-state index in [1.165, 1.54) is 6.07 Å². The van der Waals surface area contributed by atoms with Gasteiger partial charge in [-0.2, -0.15) is 0 Å². The number of ether oxygens (including phenoxy) is 1. The van der Waals surface area contributed by atoms with Gasteiger partial charge in [0.05, 0.1) is 7.11 Å². The van der Waals surface area contributed by atoms with Gasteiger partial charge in [0.2, 0.25) is 5.91 Å². The molecule has 1 amide bonds. The number of amides is 1. The predicted molar refractivity (Wildman–Crippen MR) is 104 cm³/mol. The second-order valence-corrected chi connectivity index (χ2v) is 7.66. The number of ketones is 1. The van der Waals surface area contributed by atoms with Gasteiger partial charge in [-0.25, -0.2) is 4.39 Å². The van der Waals surface area contributed by atoms with Crippen LogP contribution in [0.5, 0.6) is 5.75 Å². The molecule has 1 heterocycles. The van der Waals surface area contributed by atoms with Gasteiger partial charge in [0, 0.05) is 30.5 Å². The Labute approximate surface area is 164 Å². The number of piperidine rings is 1. The number of Topliss-reactive ketones (excluding diaryl/α,β-unsaturated/α-hetero) is 1. The number of nitrogens with zero attached hydrogens (tertiary/aromatic N) is 1. The van der Waals surface area contributed by atoms with Gasteiger partial charge in [0.1, 0.15) is 11.6 Å². The van der Waals surface area contributed by atoms with Crippen LogP contribution >= 0.6 is 0 Å². The van der Waals surface area contributed by atoms with Crippen LogP contribution in [0.2, 0.25) is 0 Å². The second kappa shape index (κ2) is 7.74. The number of rotatable bonds is 5. The molecule has 1 saturated heterocycles. The van der Waals surface area contributed by atoms with E-state index in [1.807, 2.05) is 11.0 Å². The van der Waals surface area contributed by atoms with Gasteiger partial charge in [0.25, 0.3) is 0 Å². The quantitative estimate of drug-likeness (QED) is 0.734. The van der Waals surface area contributed by atoms with E-state index < -0.39 is 0 Å². The van der Waals surface area contributed by atoms with Crippen LogP contribution in [0, 0.1) is 17.7 Å². The Balaban J connectivity index is 1.32. The molecule has 1 aliphatic heterocycles. The molecule has 0 radical (unpaired) electrons. The molecule has 5 heteroatoms. The zero-order valence-electron chi connectivity index (χ0n) is 15.9. The highest BCUT2D eigenvalue weighted by atomic mass is 19.1. The molecule has 2 fully saturated rings. The van der Waals surface area contributed by atoms with Gasteiger partial charge in [-0.3, -0.25) is 9.59 Å². The minimum atomic E-state index is -0.230. The van der Waals surface area contributed by atoms with Crippen LogP contribution in [0.25, 0.3) is 0 Å². The first-order valence-corrected chi connectivity index (χ1v) is 9.80. The molecule has 2 aromatic rings. The van der Waals surface area contributed by atoms with Crippen LogP contribution in [0.15, 0.2) is 48.5 Å². The van der Waals surface area contributed by atoms with Crippen LogP contribution in [0.1, 0.15) is 41.1 Å². The lowest BCUT2D eigenvalue weighted by Crippen LogP contribution is -2.41. The van der Waals surface area contributed by atoms with Crippen LogP contribution in [-0.2, 0) is 4.79 Å². The van der Waals surface area contributed by atoms with Crippen molar-refractivity contribution in [3.8, 4) is 5.75 Å². The minimum absolute atomic E-state index is 0.00708. The highest BCUT2D eigenvalue weighted by Gasteiger charge is 2.47. The highest BCUT2D eigenvalue weighted by molar-refractivity contribution is 5.98. The summed E-state index contributed by atoms with van der Waals surface area (Å²) < 4.78 is 19.1. The maximum absolute atomic E-state index is 13.9. The molecule has 2 aromatic carbocycles. The van der Waals surface area contributed by atoms with Crippen LogP contribution in [-0.4, -0.2) is 36.8 Å². The van der Waals surface area contributed by atoms with E-state index in [9.17, 15) is 14.0 Å². The Morgan fingerprint density at radius 3 is 2.36 bits per heavy atom. The van der Waals surface area contributed by atoms with Gasteiger partial charge in [-0.15, -0.1) is 0 Å². The molecule has 1 aliphatic carbocycles. The molecule has 0 N–H and O–H groups in total. The van der Waals surface area contributed by atoms with Crippen molar-refractivity contribution in [1.29, 1.82) is 0 Å². The van der Waals surface area contributed by atoms with Gasteiger partial charge < -0.3 is 9.64 Å². The third kappa shape index (κ3) is 3.66. The smallest absolute Gasteiger partial charge is 0.226 e. The first kappa shape index (κ1) is 18.7. The average molecular weight is 381 g/mol. The van der Waals surface area contributed by atoms with Crippen LogP contribution < -0.4 is 4.74 Å². The number of carbonyl (C=O) groups excluding carboxylic acids is 2. The molecule has 2 aliphatic rings. The SMILES string of the molecule is COc1ccc(C(=O)C2CCN(C(=O)C3CC3c3ccccc3F)CC2)cc1. The summed E-state index contributed by atoms with van der Waals surface area (Å²) in [6, 6.07) is 13.9. The maximum atomic E-state index is 13.9. The van der Waals surface area contributed by atoms with E-state index in [-0.39, 0.29) is 35.3 Å². The third-order valence-electron chi connectivity index (χ3n) is 5.96. The van der Waals surface area contributed by atoms with Gasteiger partial charge in [0.15, 0.2) is 5.78 Å². The Kier molecular flexibility index (Phi) is 5.16. The average Bonchev–Trinajstić information content (AvgIpc) is 3.54. The largest absolute Gasteiger partial charge is 0.497 e. The fraction of sp³-hybridized carbons (Fsp3) is 0.391. The van der Waals surface area contributed by atoms with E-state index >= 15 is 0 Å². The summed E-state index contributed by atoms with van der Waals surface area (Å²) in [5.74, 6) is 0.545. The van der Waals surface area contributed by atoms with Crippen molar-refractivity contribution in [3.63, 3.8) is 0 Å². The number of hydrogen-bond acceptors (Lipinski definition) is 3. The molecule has 0 bridgehead atoms. The second-order valence-electron chi connectivity index (χ2n) is 7.66. The Bertz CT molecular complexity index is 872. The van der Waals surface area contributed by atoms with Crippen molar-refractivity contribution in [2.75, 3.05) is 20.2 Å². The van der Waals surface area contributed by atoms with E-state index in [0.717, 1.165) is 5.75 Å².